The predicted octanol–water partition coefficient (Wildman–Crippen LogP) is 0.191. The van der Waals surface area contributed by atoms with Crippen molar-refractivity contribution in [2.75, 3.05) is 0 Å². The molecule has 4 nitrogen and oxygen atoms in total. The van der Waals surface area contributed by atoms with E-state index in [4.69, 9.17) is 10.2 Å². The summed E-state index contributed by atoms with van der Waals surface area (Å²) in [6.07, 6.45) is -0.406. The Labute approximate surface area is 64.8 Å². The molecule has 0 spiro atoms. The minimum Gasteiger partial charge on any atom is -0.481 e. The van der Waals surface area contributed by atoms with E-state index in [1.165, 1.54) is 6.92 Å². The van der Waals surface area contributed by atoms with Crippen LogP contribution in [0.25, 0.3) is 0 Å². The Morgan fingerprint density at radius 2 is 2.00 bits per heavy atom. The van der Waals surface area contributed by atoms with Gasteiger partial charge in [0.2, 0.25) is 0 Å². The minimum atomic E-state index is -0.991. The van der Waals surface area contributed by atoms with Crippen LogP contribution in [0.15, 0.2) is 0 Å². The predicted molar refractivity (Wildman–Crippen MR) is 38.2 cm³/mol. The maximum absolute atomic E-state index is 10.4. The minimum absolute atomic E-state index is 0.00431. The first-order valence-electron chi connectivity index (χ1n) is 3.44. The summed E-state index contributed by atoms with van der Waals surface area (Å²) in [4.78, 5) is 20.4. The smallest absolute Gasteiger partial charge is 0.303 e. The van der Waals surface area contributed by atoms with E-state index < -0.39 is 12.1 Å². The van der Waals surface area contributed by atoms with Crippen molar-refractivity contribution in [3.8, 4) is 0 Å². The third-order valence-electron chi connectivity index (χ3n) is 1.34. The van der Waals surface area contributed by atoms with Gasteiger partial charge in [0.15, 0.2) is 5.78 Å². The van der Waals surface area contributed by atoms with Gasteiger partial charge in [0.25, 0.3) is 0 Å². The highest BCUT2D eigenvalue weighted by molar-refractivity contribution is 5.80. The van der Waals surface area contributed by atoms with Gasteiger partial charge in [-0.25, -0.2) is 0 Å². The van der Waals surface area contributed by atoms with Crippen molar-refractivity contribution < 1.29 is 19.8 Å². The summed E-state index contributed by atoms with van der Waals surface area (Å²) < 4.78 is 0. The highest BCUT2D eigenvalue weighted by Crippen LogP contribution is 2.01. The molecule has 0 radical (unpaired) electrons. The Morgan fingerprint density at radius 1 is 1.45 bits per heavy atom. The zero-order chi connectivity index (χ0) is 8.85. The van der Waals surface area contributed by atoms with E-state index in [-0.39, 0.29) is 18.6 Å². The number of hydrogen-bond acceptors (Lipinski definition) is 3. The third kappa shape index (κ3) is 5.54. The average molecular weight is 160 g/mol. The molecule has 0 heterocycles. The number of carboxylic acid groups (broad SMARTS) is 1. The van der Waals surface area contributed by atoms with Gasteiger partial charge in [-0.2, -0.15) is 0 Å². The number of carboxylic acids is 1. The van der Waals surface area contributed by atoms with Gasteiger partial charge in [-0.3, -0.25) is 9.59 Å². The third-order valence-corrected chi connectivity index (χ3v) is 1.34. The molecule has 0 aromatic heterocycles. The van der Waals surface area contributed by atoms with Gasteiger partial charge >= 0.3 is 5.97 Å². The Balaban J connectivity index is 3.39. The second kappa shape index (κ2) is 4.85. The normalized spacial score (nSPS) is 12.5. The van der Waals surface area contributed by atoms with Crippen LogP contribution in [0.5, 0.6) is 0 Å². The molecule has 1 atom stereocenters. The quantitative estimate of drug-likeness (QED) is 0.602. The lowest BCUT2D eigenvalue weighted by Crippen LogP contribution is -2.16. The van der Waals surface area contributed by atoms with Gasteiger partial charge in [-0.1, -0.05) is 0 Å². The molecule has 11 heavy (non-hydrogen) atoms. The van der Waals surface area contributed by atoms with Crippen molar-refractivity contribution in [2.45, 2.75) is 32.3 Å². The molecule has 0 aromatic rings. The van der Waals surface area contributed by atoms with Gasteiger partial charge in [0.1, 0.15) is 6.10 Å². The maximum Gasteiger partial charge on any atom is 0.303 e. The first-order valence-corrected chi connectivity index (χ1v) is 3.44. The first-order chi connectivity index (χ1) is 5.04. The van der Waals surface area contributed by atoms with Gasteiger partial charge in [-0.15, -0.1) is 0 Å². The average Bonchev–Trinajstić information content (AvgIpc) is 1.86. The van der Waals surface area contributed by atoms with Gasteiger partial charge < -0.3 is 10.2 Å². The summed E-state index contributed by atoms with van der Waals surface area (Å²) in [5, 5.41) is 17.1. The van der Waals surface area contributed by atoms with E-state index in [0.717, 1.165) is 0 Å². The molecule has 2 N–H and O–H groups in total. The van der Waals surface area contributed by atoms with E-state index in [1.807, 2.05) is 0 Å². The maximum atomic E-state index is 10.4. The van der Waals surface area contributed by atoms with Crippen LogP contribution in [0.2, 0.25) is 0 Å². The number of Topliss-reactive ketones (excluding diaryl/α,β-unsaturated/α-hetero) is 1. The van der Waals surface area contributed by atoms with E-state index in [0.29, 0.717) is 6.42 Å². The number of hydrogen-bond donors (Lipinski definition) is 2. The summed E-state index contributed by atoms with van der Waals surface area (Å²) in [5.41, 5.74) is 0. The van der Waals surface area contributed by atoms with Crippen LogP contribution >= 0.6 is 0 Å². The zero-order valence-corrected chi connectivity index (χ0v) is 6.41. The number of carbonyl (C=O) groups is 2. The van der Waals surface area contributed by atoms with Crippen LogP contribution in [-0.4, -0.2) is 28.1 Å². The molecule has 0 aromatic carbocycles. The molecule has 0 fully saturated rings. The molecule has 0 bridgehead atoms. The molecule has 64 valence electrons. The Hall–Kier alpha value is -0.900. The second-order valence-electron chi connectivity index (χ2n) is 2.41. The van der Waals surface area contributed by atoms with Crippen LogP contribution in [0.1, 0.15) is 26.2 Å². The molecule has 1 unspecified atom stereocenters. The first kappa shape index (κ1) is 10.1. The van der Waals surface area contributed by atoms with Crippen molar-refractivity contribution in [2.24, 2.45) is 0 Å². The molecule has 0 saturated heterocycles. The fourth-order valence-corrected chi connectivity index (χ4v) is 0.650. The van der Waals surface area contributed by atoms with Crippen molar-refractivity contribution in [3.63, 3.8) is 0 Å². The standard InChI is InChI=1S/C7H12O4/c1-5(8)6(9)3-2-4-7(10)11/h6,9H,2-4H2,1H3,(H,10,11). The lowest BCUT2D eigenvalue weighted by Gasteiger charge is -2.03. The molecule has 0 amide bonds. The summed E-state index contributed by atoms with van der Waals surface area (Å²) in [7, 11) is 0. The summed E-state index contributed by atoms with van der Waals surface area (Å²) >= 11 is 0. The second-order valence-corrected chi connectivity index (χ2v) is 2.41. The summed E-state index contributed by atoms with van der Waals surface area (Å²) in [5.74, 6) is -1.21. The van der Waals surface area contributed by atoms with Crippen LogP contribution in [0.4, 0.5) is 0 Å². The molecule has 0 aliphatic carbocycles. The molecular weight excluding hydrogens is 148 g/mol. The lowest BCUT2D eigenvalue weighted by atomic mass is 10.1. The summed E-state index contributed by atoms with van der Waals surface area (Å²) in [6.45, 7) is 1.28. The van der Waals surface area contributed by atoms with Crippen LogP contribution in [0, 0.1) is 0 Å². The number of carbonyl (C=O) groups excluding carboxylic acids is 1. The zero-order valence-electron chi connectivity index (χ0n) is 6.41. The highest BCUT2D eigenvalue weighted by atomic mass is 16.4. The molecule has 0 saturated carbocycles. The molecule has 0 aliphatic rings. The van der Waals surface area contributed by atoms with Gasteiger partial charge in [-0.05, 0) is 19.8 Å². The van der Waals surface area contributed by atoms with E-state index >= 15 is 0 Å². The Morgan fingerprint density at radius 3 is 2.36 bits per heavy atom. The SMILES string of the molecule is CC(=O)C(O)CCCC(=O)O. The number of aliphatic carboxylic acids is 1. The van der Waals surface area contributed by atoms with E-state index in [1.54, 1.807) is 0 Å². The number of rotatable bonds is 5. The number of aliphatic hydroxyl groups is 1. The lowest BCUT2D eigenvalue weighted by molar-refractivity contribution is -0.137. The Bertz CT molecular complexity index is 153. The molecule has 0 rings (SSSR count). The van der Waals surface area contributed by atoms with Crippen LogP contribution in [0.3, 0.4) is 0 Å². The van der Waals surface area contributed by atoms with Gasteiger partial charge in [0, 0.05) is 6.42 Å². The van der Waals surface area contributed by atoms with Crippen molar-refractivity contribution in [1.82, 2.24) is 0 Å². The highest BCUT2D eigenvalue weighted by Gasteiger charge is 2.09. The van der Waals surface area contributed by atoms with Crippen LogP contribution in [-0.2, 0) is 9.59 Å². The van der Waals surface area contributed by atoms with Crippen molar-refractivity contribution >= 4 is 11.8 Å². The van der Waals surface area contributed by atoms with E-state index in [2.05, 4.69) is 0 Å². The number of aliphatic hydroxyl groups excluding tert-OH is 1. The van der Waals surface area contributed by atoms with Gasteiger partial charge in [0.05, 0.1) is 0 Å². The van der Waals surface area contributed by atoms with Crippen molar-refractivity contribution in [3.05, 3.63) is 0 Å². The fourth-order valence-electron chi connectivity index (χ4n) is 0.650. The van der Waals surface area contributed by atoms with Crippen LogP contribution < -0.4 is 0 Å². The summed E-state index contributed by atoms with van der Waals surface area (Å²) in [6, 6.07) is 0. The van der Waals surface area contributed by atoms with Crippen molar-refractivity contribution in [1.29, 1.82) is 0 Å². The monoisotopic (exact) mass is 160 g/mol. The molecular formula is C7H12O4. The fraction of sp³-hybridized carbons (Fsp3) is 0.714. The molecule has 0 aliphatic heterocycles. The van der Waals surface area contributed by atoms with E-state index in [9.17, 15) is 9.59 Å². The molecule has 4 heteroatoms. The Kier molecular flexibility index (Phi) is 4.45. The largest absolute Gasteiger partial charge is 0.481 e. The number of ketones is 1. The topological polar surface area (TPSA) is 74.6 Å².